The summed E-state index contributed by atoms with van der Waals surface area (Å²) in [5.41, 5.74) is 2.68. The van der Waals surface area contributed by atoms with Crippen LogP contribution in [0.5, 0.6) is 0 Å². The molecule has 0 bridgehead atoms. The third kappa shape index (κ3) is 9.63. The molecule has 0 saturated heterocycles. The number of hydrogen-bond acceptors (Lipinski definition) is 2. The highest BCUT2D eigenvalue weighted by molar-refractivity contribution is 9.10. The maximum atomic E-state index is 5.94. The van der Waals surface area contributed by atoms with Gasteiger partial charge in [0, 0.05) is 17.7 Å². The lowest BCUT2D eigenvalue weighted by molar-refractivity contribution is 0.314. The van der Waals surface area contributed by atoms with E-state index in [1.807, 2.05) is 0 Å². The maximum absolute atomic E-state index is 5.94. The Bertz CT molecular complexity index is 412. The number of benzene rings is 1. The molecular weight excluding hydrogens is 360 g/mol. The summed E-state index contributed by atoms with van der Waals surface area (Å²) in [6, 6.07) is 6.67. The quantitative estimate of drug-likeness (QED) is 0.566. The Morgan fingerprint density at radius 2 is 1.14 bits per heavy atom. The zero-order chi connectivity index (χ0) is 16.1. The molecule has 0 radical (unpaired) electrons. The normalized spacial score (nSPS) is 12.7. The smallest absolute Gasteiger partial charge is 0.183 e. The van der Waals surface area contributed by atoms with Crippen molar-refractivity contribution in [2.45, 2.75) is 52.1 Å². The van der Waals surface area contributed by atoms with Gasteiger partial charge in [-0.05, 0) is 75.4 Å². The minimum absolute atomic E-state index is 0.816. The van der Waals surface area contributed by atoms with E-state index in [1.165, 1.54) is 11.1 Å². The average Bonchev–Trinajstić information content (AvgIpc) is 2.24. The van der Waals surface area contributed by atoms with E-state index in [-0.39, 0.29) is 0 Å². The Morgan fingerprint density at radius 1 is 0.762 bits per heavy atom. The SMILES string of the molecule is C[Si](C)(C)OCCc1cc(Br)cc(CCO[Si](C)(C)C)c1. The summed E-state index contributed by atoms with van der Waals surface area (Å²) in [4.78, 5) is 0. The lowest BCUT2D eigenvalue weighted by Gasteiger charge is -2.18. The molecule has 0 amide bonds. The molecule has 21 heavy (non-hydrogen) atoms. The van der Waals surface area contributed by atoms with Crippen LogP contribution in [-0.4, -0.2) is 29.8 Å². The molecule has 0 unspecified atom stereocenters. The molecule has 1 rings (SSSR count). The van der Waals surface area contributed by atoms with Crippen LogP contribution < -0.4 is 0 Å². The maximum Gasteiger partial charge on any atom is 0.183 e. The zero-order valence-corrected chi connectivity index (χ0v) is 17.8. The van der Waals surface area contributed by atoms with E-state index in [0.717, 1.165) is 30.5 Å². The first kappa shape index (κ1) is 19.1. The molecule has 1 aromatic carbocycles. The van der Waals surface area contributed by atoms with Gasteiger partial charge in [0.1, 0.15) is 0 Å². The predicted octanol–water partition coefficient (Wildman–Crippen LogP) is 5.24. The second-order valence-electron chi connectivity index (χ2n) is 7.39. The molecule has 2 nitrogen and oxygen atoms in total. The number of hydrogen-bond donors (Lipinski definition) is 0. The van der Waals surface area contributed by atoms with Gasteiger partial charge in [-0.2, -0.15) is 0 Å². The third-order valence-electron chi connectivity index (χ3n) is 2.87. The molecule has 0 N–H and O–H groups in total. The summed E-state index contributed by atoms with van der Waals surface area (Å²) in [6.07, 6.45) is 1.96. The van der Waals surface area contributed by atoms with Crippen molar-refractivity contribution in [2.24, 2.45) is 0 Å². The fourth-order valence-corrected chi connectivity index (χ4v) is 3.97. The Hall–Kier alpha value is 0.0538. The van der Waals surface area contributed by atoms with Crippen LogP contribution in [0.3, 0.4) is 0 Å². The van der Waals surface area contributed by atoms with E-state index in [9.17, 15) is 0 Å². The highest BCUT2D eigenvalue weighted by Gasteiger charge is 2.14. The molecule has 0 spiro atoms. The second-order valence-corrected chi connectivity index (χ2v) is 17.3. The molecular formula is C16H29BrO2Si2. The molecule has 0 saturated carbocycles. The van der Waals surface area contributed by atoms with Crippen molar-refractivity contribution in [1.82, 2.24) is 0 Å². The molecule has 0 aliphatic rings. The number of halogens is 1. The van der Waals surface area contributed by atoms with Crippen LogP contribution in [0.15, 0.2) is 22.7 Å². The summed E-state index contributed by atoms with van der Waals surface area (Å²) in [5, 5.41) is 0. The lowest BCUT2D eigenvalue weighted by Crippen LogP contribution is -2.26. The van der Waals surface area contributed by atoms with Gasteiger partial charge in [0.2, 0.25) is 0 Å². The van der Waals surface area contributed by atoms with Crippen molar-refractivity contribution >= 4 is 32.6 Å². The fraction of sp³-hybridized carbons (Fsp3) is 0.625. The minimum Gasteiger partial charge on any atom is -0.417 e. The summed E-state index contributed by atoms with van der Waals surface area (Å²) in [7, 11) is -2.81. The van der Waals surface area contributed by atoms with Gasteiger partial charge < -0.3 is 8.85 Å². The van der Waals surface area contributed by atoms with Crippen molar-refractivity contribution in [1.29, 1.82) is 0 Å². The Balaban J connectivity index is 2.55. The van der Waals surface area contributed by atoms with E-state index in [2.05, 4.69) is 73.4 Å². The first-order chi connectivity index (χ1) is 9.55. The third-order valence-corrected chi connectivity index (χ3v) is 5.47. The first-order valence-electron chi connectivity index (χ1n) is 7.61. The molecule has 0 heterocycles. The van der Waals surface area contributed by atoms with Crippen LogP contribution in [0.2, 0.25) is 39.3 Å². The summed E-state index contributed by atoms with van der Waals surface area (Å²) in [5.74, 6) is 0. The molecule has 0 aliphatic heterocycles. The molecule has 5 heteroatoms. The Labute approximate surface area is 140 Å². The van der Waals surface area contributed by atoms with Crippen LogP contribution in [0.1, 0.15) is 11.1 Å². The molecule has 0 aliphatic carbocycles. The molecule has 0 aromatic heterocycles. The molecule has 0 atom stereocenters. The van der Waals surface area contributed by atoms with Crippen LogP contribution in [0.25, 0.3) is 0 Å². The van der Waals surface area contributed by atoms with Crippen molar-refractivity contribution < 1.29 is 8.85 Å². The van der Waals surface area contributed by atoms with E-state index in [1.54, 1.807) is 0 Å². The lowest BCUT2D eigenvalue weighted by atomic mass is 10.1. The summed E-state index contributed by atoms with van der Waals surface area (Å²) in [6.45, 7) is 15.0. The zero-order valence-electron chi connectivity index (χ0n) is 14.3. The largest absolute Gasteiger partial charge is 0.417 e. The van der Waals surface area contributed by atoms with Crippen molar-refractivity contribution in [3.8, 4) is 0 Å². The van der Waals surface area contributed by atoms with Crippen LogP contribution >= 0.6 is 15.9 Å². The average molecular weight is 389 g/mol. The first-order valence-corrected chi connectivity index (χ1v) is 15.2. The monoisotopic (exact) mass is 388 g/mol. The minimum atomic E-state index is -1.41. The van der Waals surface area contributed by atoms with Gasteiger partial charge in [0.05, 0.1) is 0 Å². The van der Waals surface area contributed by atoms with Crippen LogP contribution in [0.4, 0.5) is 0 Å². The van der Waals surface area contributed by atoms with Gasteiger partial charge >= 0.3 is 0 Å². The fourth-order valence-electron chi connectivity index (χ4n) is 1.96. The molecule has 0 fully saturated rings. The molecule has 1 aromatic rings. The Kier molecular flexibility index (Phi) is 7.33. The highest BCUT2D eigenvalue weighted by atomic mass is 79.9. The van der Waals surface area contributed by atoms with Gasteiger partial charge in [-0.15, -0.1) is 0 Å². The predicted molar refractivity (Wildman–Crippen MR) is 100 cm³/mol. The highest BCUT2D eigenvalue weighted by Crippen LogP contribution is 2.18. The van der Waals surface area contributed by atoms with Crippen molar-refractivity contribution in [3.63, 3.8) is 0 Å². The van der Waals surface area contributed by atoms with Gasteiger partial charge in [0.25, 0.3) is 0 Å². The van der Waals surface area contributed by atoms with E-state index < -0.39 is 16.6 Å². The topological polar surface area (TPSA) is 18.5 Å². The van der Waals surface area contributed by atoms with E-state index in [4.69, 9.17) is 8.85 Å². The van der Waals surface area contributed by atoms with Crippen molar-refractivity contribution in [2.75, 3.05) is 13.2 Å². The molecule has 120 valence electrons. The van der Waals surface area contributed by atoms with Gasteiger partial charge in [-0.1, -0.05) is 22.0 Å². The number of rotatable bonds is 8. The van der Waals surface area contributed by atoms with E-state index in [0.29, 0.717) is 0 Å². The van der Waals surface area contributed by atoms with Gasteiger partial charge in [0.15, 0.2) is 16.6 Å². The second kappa shape index (κ2) is 8.06. The standard InChI is InChI=1S/C16H29BrO2Si2/c1-20(2,3)18-9-7-14-11-15(13-16(17)12-14)8-10-19-21(4,5)6/h11-13H,7-10H2,1-6H3. The van der Waals surface area contributed by atoms with Crippen molar-refractivity contribution in [3.05, 3.63) is 33.8 Å². The van der Waals surface area contributed by atoms with Crippen LogP contribution in [0, 0.1) is 0 Å². The summed E-state index contributed by atoms with van der Waals surface area (Å²) >= 11 is 3.61. The Morgan fingerprint density at radius 3 is 1.48 bits per heavy atom. The summed E-state index contributed by atoms with van der Waals surface area (Å²) < 4.78 is 13.0. The van der Waals surface area contributed by atoms with Gasteiger partial charge in [-0.25, -0.2) is 0 Å². The van der Waals surface area contributed by atoms with Gasteiger partial charge in [-0.3, -0.25) is 0 Å². The van der Waals surface area contributed by atoms with Crippen LogP contribution in [-0.2, 0) is 21.7 Å². The van der Waals surface area contributed by atoms with E-state index >= 15 is 0 Å².